The summed E-state index contributed by atoms with van der Waals surface area (Å²) in [7, 11) is 0. The van der Waals surface area contributed by atoms with Crippen molar-refractivity contribution in [3.8, 4) is 5.75 Å². The highest BCUT2D eigenvalue weighted by molar-refractivity contribution is 5.91. The van der Waals surface area contributed by atoms with Crippen molar-refractivity contribution >= 4 is 17.9 Å². The molecule has 1 fully saturated rings. The van der Waals surface area contributed by atoms with Crippen molar-refractivity contribution in [2.24, 2.45) is 0 Å². The van der Waals surface area contributed by atoms with Gasteiger partial charge in [-0.05, 0) is 66.9 Å². The molecule has 1 atom stereocenters. The maximum atomic E-state index is 13.7. The number of benzene rings is 1. The Morgan fingerprint density at radius 1 is 1.09 bits per heavy atom. The number of nitrogens with zero attached hydrogens (tertiary/aromatic N) is 1. The number of rotatable bonds is 6. The number of hydrogen-bond donors (Lipinski definition) is 3. The second-order valence-electron chi connectivity index (χ2n) is 11.0. The van der Waals surface area contributed by atoms with E-state index in [0.717, 1.165) is 32.1 Å². The van der Waals surface area contributed by atoms with Crippen LogP contribution < -0.4 is 10.6 Å². The largest absolute Gasteiger partial charge is 0.507 e. The van der Waals surface area contributed by atoms with Crippen molar-refractivity contribution in [2.75, 3.05) is 6.54 Å². The van der Waals surface area contributed by atoms with Gasteiger partial charge in [-0.15, -0.1) is 0 Å². The lowest BCUT2D eigenvalue weighted by atomic mass is 9.92. The number of carbonyl (C=O) groups excluding carboxylic acids is 3. The fraction of sp³-hybridized carbons (Fsp3) is 0.654. The van der Waals surface area contributed by atoms with Crippen LogP contribution in [-0.4, -0.2) is 51.6 Å². The SMILES string of the molecule is Cc1cccc(C(C(=O)NC2CCCCC2)N(C(=O)CNC(=O)OC(C)(C)C)C(C)(C)C)c1O. The summed E-state index contributed by atoms with van der Waals surface area (Å²) >= 11 is 0. The van der Waals surface area contributed by atoms with Crippen molar-refractivity contribution < 1.29 is 24.2 Å². The number of phenols is 1. The fourth-order valence-electron chi connectivity index (χ4n) is 4.28. The van der Waals surface area contributed by atoms with Crippen LogP contribution in [0.3, 0.4) is 0 Å². The maximum absolute atomic E-state index is 13.7. The summed E-state index contributed by atoms with van der Waals surface area (Å²) in [6, 6.07) is 4.15. The molecule has 34 heavy (non-hydrogen) atoms. The summed E-state index contributed by atoms with van der Waals surface area (Å²) in [6.07, 6.45) is 4.32. The smallest absolute Gasteiger partial charge is 0.408 e. The number of amides is 3. The molecule has 0 heterocycles. The zero-order valence-electron chi connectivity index (χ0n) is 21.7. The summed E-state index contributed by atoms with van der Waals surface area (Å²) in [5.41, 5.74) is -0.514. The summed E-state index contributed by atoms with van der Waals surface area (Å²) < 4.78 is 5.24. The Hall–Kier alpha value is -2.77. The van der Waals surface area contributed by atoms with Crippen LogP contribution in [0.1, 0.15) is 90.8 Å². The Morgan fingerprint density at radius 2 is 1.71 bits per heavy atom. The average Bonchev–Trinajstić information content (AvgIpc) is 2.71. The number of aryl methyl sites for hydroxylation is 1. The molecular weight excluding hydrogens is 434 g/mol. The molecule has 0 aliphatic heterocycles. The van der Waals surface area contributed by atoms with Crippen LogP contribution in [0, 0.1) is 6.92 Å². The number of ether oxygens (including phenoxy) is 1. The topological polar surface area (TPSA) is 108 Å². The minimum Gasteiger partial charge on any atom is -0.507 e. The summed E-state index contributed by atoms with van der Waals surface area (Å²) in [4.78, 5) is 40.7. The molecule has 0 aromatic heterocycles. The molecule has 1 aromatic rings. The molecule has 2 rings (SSSR count). The third-order valence-corrected chi connectivity index (χ3v) is 5.80. The zero-order valence-corrected chi connectivity index (χ0v) is 21.7. The van der Waals surface area contributed by atoms with Crippen LogP contribution in [0.15, 0.2) is 18.2 Å². The summed E-state index contributed by atoms with van der Waals surface area (Å²) in [6.45, 7) is 12.1. The highest BCUT2D eigenvalue weighted by Gasteiger charge is 2.40. The van der Waals surface area contributed by atoms with E-state index >= 15 is 0 Å². The van der Waals surface area contributed by atoms with Gasteiger partial charge in [0.1, 0.15) is 23.9 Å². The van der Waals surface area contributed by atoms with E-state index in [-0.39, 0.29) is 24.2 Å². The summed E-state index contributed by atoms with van der Waals surface area (Å²) in [5.74, 6) is -0.815. The molecule has 0 radical (unpaired) electrons. The minimum atomic E-state index is -1.06. The number of hydrogen-bond acceptors (Lipinski definition) is 5. The lowest BCUT2D eigenvalue weighted by Crippen LogP contribution is -2.56. The molecule has 0 saturated heterocycles. The van der Waals surface area contributed by atoms with Crippen LogP contribution in [0.25, 0.3) is 0 Å². The van der Waals surface area contributed by atoms with Gasteiger partial charge < -0.3 is 25.4 Å². The van der Waals surface area contributed by atoms with Gasteiger partial charge in [0.15, 0.2) is 0 Å². The molecule has 190 valence electrons. The predicted molar refractivity (Wildman–Crippen MR) is 131 cm³/mol. The Balaban J connectivity index is 2.39. The van der Waals surface area contributed by atoms with E-state index in [9.17, 15) is 19.5 Å². The Labute approximate surface area is 203 Å². The normalized spacial score (nSPS) is 15.9. The Morgan fingerprint density at radius 3 is 2.26 bits per heavy atom. The van der Waals surface area contributed by atoms with Gasteiger partial charge in [-0.2, -0.15) is 0 Å². The van der Waals surface area contributed by atoms with E-state index in [1.807, 2.05) is 20.8 Å². The van der Waals surface area contributed by atoms with Gasteiger partial charge in [-0.3, -0.25) is 9.59 Å². The average molecular weight is 476 g/mol. The van der Waals surface area contributed by atoms with Gasteiger partial charge >= 0.3 is 6.09 Å². The molecule has 0 bridgehead atoms. The molecule has 8 nitrogen and oxygen atoms in total. The van der Waals surface area contributed by atoms with Crippen molar-refractivity contribution in [2.45, 2.75) is 104 Å². The monoisotopic (exact) mass is 475 g/mol. The molecule has 1 aliphatic carbocycles. The highest BCUT2D eigenvalue weighted by Crippen LogP contribution is 2.36. The Kier molecular flexibility index (Phi) is 8.97. The van der Waals surface area contributed by atoms with Gasteiger partial charge in [-0.25, -0.2) is 4.79 Å². The number of nitrogens with one attached hydrogen (secondary N) is 2. The Bertz CT molecular complexity index is 879. The summed E-state index contributed by atoms with van der Waals surface area (Å²) in [5, 5.41) is 16.5. The lowest BCUT2D eigenvalue weighted by Gasteiger charge is -2.42. The third kappa shape index (κ3) is 7.64. The molecule has 0 spiro atoms. The minimum absolute atomic E-state index is 0.0200. The van der Waals surface area contributed by atoms with Crippen molar-refractivity contribution in [3.63, 3.8) is 0 Å². The fourth-order valence-corrected chi connectivity index (χ4v) is 4.28. The van der Waals surface area contributed by atoms with Gasteiger partial charge in [0.2, 0.25) is 11.8 Å². The van der Waals surface area contributed by atoms with Crippen LogP contribution in [-0.2, 0) is 14.3 Å². The predicted octanol–water partition coefficient (Wildman–Crippen LogP) is 4.34. The lowest BCUT2D eigenvalue weighted by molar-refractivity contribution is -0.146. The quantitative estimate of drug-likeness (QED) is 0.567. The standard InChI is InChI=1S/C26H41N3O5/c1-17-12-11-15-19(22(17)31)21(23(32)28-18-13-9-8-10-14-18)29(25(2,3)4)20(30)16-27-24(33)34-26(5,6)7/h11-12,15,18,21,31H,8-10,13-14,16H2,1-7H3,(H,27,33)(H,28,32). The van der Waals surface area contributed by atoms with Crippen LogP contribution in [0.4, 0.5) is 4.79 Å². The van der Waals surface area contributed by atoms with Crippen LogP contribution >= 0.6 is 0 Å². The number of alkyl carbamates (subject to hydrolysis) is 1. The van der Waals surface area contributed by atoms with Crippen molar-refractivity contribution in [1.82, 2.24) is 15.5 Å². The maximum Gasteiger partial charge on any atom is 0.408 e. The second kappa shape index (κ2) is 11.1. The molecule has 1 aromatic carbocycles. The van der Waals surface area contributed by atoms with E-state index in [0.29, 0.717) is 11.1 Å². The first-order chi connectivity index (χ1) is 15.7. The van der Waals surface area contributed by atoms with Crippen LogP contribution in [0.5, 0.6) is 5.75 Å². The number of carbonyl (C=O) groups is 3. The van der Waals surface area contributed by atoms with Crippen LogP contribution in [0.2, 0.25) is 0 Å². The van der Waals surface area contributed by atoms with E-state index in [4.69, 9.17) is 4.74 Å². The molecular formula is C26H41N3O5. The van der Waals surface area contributed by atoms with Gasteiger partial charge in [0, 0.05) is 17.1 Å². The molecule has 1 unspecified atom stereocenters. The third-order valence-electron chi connectivity index (χ3n) is 5.80. The zero-order chi connectivity index (χ0) is 25.7. The number of aromatic hydroxyl groups is 1. The first-order valence-electron chi connectivity index (χ1n) is 12.1. The highest BCUT2D eigenvalue weighted by atomic mass is 16.6. The van der Waals surface area contributed by atoms with E-state index in [1.54, 1.807) is 45.9 Å². The first-order valence-corrected chi connectivity index (χ1v) is 12.1. The second-order valence-corrected chi connectivity index (χ2v) is 11.0. The van der Waals surface area contributed by atoms with Crippen molar-refractivity contribution in [3.05, 3.63) is 29.3 Å². The van der Waals surface area contributed by atoms with Gasteiger partial charge in [0.05, 0.1) is 0 Å². The van der Waals surface area contributed by atoms with Gasteiger partial charge in [0.25, 0.3) is 0 Å². The molecule has 3 N–H and O–H groups in total. The van der Waals surface area contributed by atoms with Crippen molar-refractivity contribution in [1.29, 1.82) is 0 Å². The number of phenolic OH excluding ortho intramolecular Hbond substituents is 1. The molecule has 3 amide bonds. The molecule has 1 saturated carbocycles. The number of para-hydroxylation sites is 1. The van der Waals surface area contributed by atoms with Gasteiger partial charge in [-0.1, -0.05) is 37.5 Å². The first kappa shape index (κ1) is 27.5. The molecule has 1 aliphatic rings. The van der Waals surface area contributed by atoms with E-state index in [1.165, 1.54) is 4.90 Å². The molecule has 8 heteroatoms. The van der Waals surface area contributed by atoms with E-state index < -0.39 is 29.2 Å². The van der Waals surface area contributed by atoms with E-state index in [2.05, 4.69) is 10.6 Å².